The highest BCUT2D eigenvalue weighted by Crippen LogP contribution is 2.26. The van der Waals surface area contributed by atoms with Gasteiger partial charge >= 0.3 is 6.03 Å². The standard InChI is InChI=1S/C18H21ClN2O2/c1-13-7-9-16(10-8-13)21-17(22)20-12-18(2,23-3)14-5-4-6-15(19)11-14/h4-11H,12H2,1-3H3,(H2,20,21,22). The number of amides is 2. The molecular formula is C18H21ClN2O2. The molecule has 0 heterocycles. The quantitative estimate of drug-likeness (QED) is 0.856. The SMILES string of the molecule is COC(C)(CNC(=O)Nc1ccc(C)cc1)c1cccc(Cl)c1. The number of anilines is 1. The van der Waals surface area contributed by atoms with Gasteiger partial charge in [-0.25, -0.2) is 4.79 Å². The van der Waals surface area contributed by atoms with Crippen LogP contribution in [0.15, 0.2) is 48.5 Å². The summed E-state index contributed by atoms with van der Waals surface area (Å²) < 4.78 is 5.59. The average molecular weight is 333 g/mol. The molecule has 0 aliphatic rings. The number of ether oxygens (including phenoxy) is 1. The summed E-state index contributed by atoms with van der Waals surface area (Å²) in [5.74, 6) is 0. The zero-order valence-corrected chi connectivity index (χ0v) is 14.3. The van der Waals surface area contributed by atoms with E-state index in [1.807, 2.05) is 56.3 Å². The number of hydrogen-bond acceptors (Lipinski definition) is 2. The molecule has 0 aromatic heterocycles. The van der Waals surface area contributed by atoms with E-state index >= 15 is 0 Å². The Bertz CT molecular complexity index is 673. The number of aryl methyl sites for hydroxylation is 1. The summed E-state index contributed by atoms with van der Waals surface area (Å²) in [6.07, 6.45) is 0. The van der Waals surface area contributed by atoms with Crippen LogP contribution in [0.2, 0.25) is 5.02 Å². The number of nitrogens with one attached hydrogen (secondary N) is 2. The van der Waals surface area contributed by atoms with Crippen LogP contribution in [0.1, 0.15) is 18.1 Å². The molecule has 0 saturated carbocycles. The summed E-state index contributed by atoms with van der Waals surface area (Å²) >= 11 is 6.04. The number of rotatable bonds is 5. The van der Waals surface area contributed by atoms with Crippen molar-refractivity contribution >= 4 is 23.3 Å². The zero-order valence-electron chi connectivity index (χ0n) is 13.5. The van der Waals surface area contributed by atoms with Crippen molar-refractivity contribution in [2.75, 3.05) is 19.0 Å². The molecule has 2 amide bonds. The zero-order chi connectivity index (χ0) is 16.9. The van der Waals surface area contributed by atoms with E-state index in [2.05, 4.69) is 10.6 Å². The van der Waals surface area contributed by atoms with Crippen molar-refractivity contribution < 1.29 is 9.53 Å². The maximum absolute atomic E-state index is 12.1. The predicted octanol–water partition coefficient (Wildman–Crippen LogP) is 4.33. The maximum atomic E-state index is 12.1. The fourth-order valence-corrected chi connectivity index (χ4v) is 2.36. The lowest BCUT2D eigenvalue weighted by Gasteiger charge is -2.29. The fourth-order valence-electron chi connectivity index (χ4n) is 2.17. The van der Waals surface area contributed by atoms with Crippen molar-refractivity contribution in [2.45, 2.75) is 19.4 Å². The summed E-state index contributed by atoms with van der Waals surface area (Å²) in [5, 5.41) is 6.27. The third-order valence-electron chi connectivity index (χ3n) is 3.78. The summed E-state index contributed by atoms with van der Waals surface area (Å²) in [4.78, 5) is 12.1. The largest absolute Gasteiger partial charge is 0.372 e. The molecule has 2 aromatic carbocycles. The molecule has 2 N–H and O–H groups in total. The highest BCUT2D eigenvalue weighted by molar-refractivity contribution is 6.30. The van der Waals surface area contributed by atoms with E-state index in [1.165, 1.54) is 0 Å². The van der Waals surface area contributed by atoms with Gasteiger partial charge in [-0.2, -0.15) is 0 Å². The van der Waals surface area contributed by atoms with Gasteiger partial charge in [0.2, 0.25) is 0 Å². The van der Waals surface area contributed by atoms with Gasteiger partial charge in [0.1, 0.15) is 5.60 Å². The Morgan fingerprint density at radius 1 is 1.22 bits per heavy atom. The molecule has 23 heavy (non-hydrogen) atoms. The van der Waals surface area contributed by atoms with E-state index in [0.29, 0.717) is 11.6 Å². The molecule has 1 unspecified atom stereocenters. The van der Waals surface area contributed by atoms with E-state index in [-0.39, 0.29) is 6.03 Å². The van der Waals surface area contributed by atoms with Crippen LogP contribution in [0.5, 0.6) is 0 Å². The van der Waals surface area contributed by atoms with Crippen LogP contribution in [-0.2, 0) is 10.3 Å². The van der Waals surface area contributed by atoms with Crippen LogP contribution < -0.4 is 10.6 Å². The van der Waals surface area contributed by atoms with E-state index in [9.17, 15) is 4.79 Å². The molecule has 1 atom stereocenters. The van der Waals surface area contributed by atoms with Crippen molar-refractivity contribution in [3.05, 3.63) is 64.7 Å². The number of carbonyl (C=O) groups excluding carboxylic acids is 1. The third kappa shape index (κ3) is 4.71. The Kier molecular flexibility index (Phi) is 5.64. The number of methoxy groups -OCH3 is 1. The fraction of sp³-hybridized carbons (Fsp3) is 0.278. The molecule has 0 spiro atoms. The second-order valence-corrected chi connectivity index (χ2v) is 6.06. The highest BCUT2D eigenvalue weighted by atomic mass is 35.5. The lowest BCUT2D eigenvalue weighted by Crippen LogP contribution is -2.41. The van der Waals surface area contributed by atoms with E-state index < -0.39 is 5.60 Å². The lowest BCUT2D eigenvalue weighted by atomic mass is 9.96. The number of hydrogen-bond donors (Lipinski definition) is 2. The molecule has 2 rings (SSSR count). The summed E-state index contributed by atoms with van der Waals surface area (Å²) in [7, 11) is 1.61. The van der Waals surface area contributed by atoms with Crippen LogP contribution in [0, 0.1) is 6.92 Å². The molecule has 5 heteroatoms. The Morgan fingerprint density at radius 3 is 2.52 bits per heavy atom. The molecule has 0 aliphatic heterocycles. The van der Waals surface area contributed by atoms with Crippen molar-refractivity contribution in [3.8, 4) is 0 Å². The Balaban J connectivity index is 1.99. The molecular weight excluding hydrogens is 312 g/mol. The van der Waals surface area contributed by atoms with Gasteiger partial charge in [0, 0.05) is 17.8 Å². The summed E-state index contributed by atoms with van der Waals surface area (Å²) in [6, 6.07) is 14.8. The first-order chi connectivity index (χ1) is 10.9. The Morgan fingerprint density at radius 2 is 1.91 bits per heavy atom. The Hall–Kier alpha value is -2.04. The monoisotopic (exact) mass is 332 g/mol. The van der Waals surface area contributed by atoms with Crippen LogP contribution in [-0.4, -0.2) is 19.7 Å². The van der Waals surface area contributed by atoms with Crippen LogP contribution >= 0.6 is 11.6 Å². The maximum Gasteiger partial charge on any atom is 0.319 e. The van der Waals surface area contributed by atoms with Gasteiger partial charge in [-0.3, -0.25) is 0 Å². The molecule has 0 bridgehead atoms. The van der Waals surface area contributed by atoms with Gasteiger partial charge in [0.15, 0.2) is 0 Å². The number of benzene rings is 2. The molecule has 122 valence electrons. The normalized spacial score (nSPS) is 13.2. The Labute approximate surface area is 141 Å². The smallest absolute Gasteiger partial charge is 0.319 e. The molecule has 0 fully saturated rings. The number of halogens is 1. The topological polar surface area (TPSA) is 50.4 Å². The van der Waals surface area contributed by atoms with Gasteiger partial charge in [-0.15, -0.1) is 0 Å². The van der Waals surface area contributed by atoms with E-state index in [0.717, 1.165) is 16.8 Å². The first kappa shape index (κ1) is 17.3. The third-order valence-corrected chi connectivity index (χ3v) is 4.02. The first-order valence-electron chi connectivity index (χ1n) is 7.36. The van der Waals surface area contributed by atoms with Crippen molar-refractivity contribution in [2.24, 2.45) is 0 Å². The summed E-state index contributed by atoms with van der Waals surface area (Å²) in [6.45, 7) is 4.23. The molecule has 2 aromatic rings. The van der Waals surface area contributed by atoms with Gasteiger partial charge in [-0.1, -0.05) is 41.4 Å². The lowest BCUT2D eigenvalue weighted by molar-refractivity contribution is 0.00521. The van der Waals surface area contributed by atoms with Crippen molar-refractivity contribution in [1.29, 1.82) is 0 Å². The van der Waals surface area contributed by atoms with Crippen molar-refractivity contribution in [1.82, 2.24) is 5.32 Å². The average Bonchev–Trinajstić information content (AvgIpc) is 2.55. The van der Waals surface area contributed by atoms with E-state index in [1.54, 1.807) is 13.2 Å². The highest BCUT2D eigenvalue weighted by Gasteiger charge is 2.27. The van der Waals surface area contributed by atoms with Gasteiger partial charge in [0.25, 0.3) is 0 Å². The van der Waals surface area contributed by atoms with Crippen LogP contribution in [0.3, 0.4) is 0 Å². The first-order valence-corrected chi connectivity index (χ1v) is 7.73. The van der Waals surface area contributed by atoms with Crippen molar-refractivity contribution in [3.63, 3.8) is 0 Å². The number of carbonyl (C=O) groups is 1. The number of urea groups is 1. The molecule has 4 nitrogen and oxygen atoms in total. The minimum atomic E-state index is -0.657. The second kappa shape index (κ2) is 7.49. The van der Waals surface area contributed by atoms with Gasteiger partial charge < -0.3 is 15.4 Å². The van der Waals surface area contributed by atoms with E-state index in [4.69, 9.17) is 16.3 Å². The second-order valence-electron chi connectivity index (χ2n) is 5.62. The van der Waals surface area contributed by atoms with Crippen LogP contribution in [0.25, 0.3) is 0 Å². The van der Waals surface area contributed by atoms with Gasteiger partial charge in [0.05, 0.1) is 6.54 Å². The summed E-state index contributed by atoms with van der Waals surface area (Å²) in [5.41, 5.74) is 2.14. The molecule has 0 saturated heterocycles. The minimum absolute atomic E-state index is 0.279. The molecule has 0 radical (unpaired) electrons. The minimum Gasteiger partial charge on any atom is -0.372 e. The predicted molar refractivity (Wildman–Crippen MR) is 94.0 cm³/mol. The van der Waals surface area contributed by atoms with Crippen LogP contribution in [0.4, 0.5) is 10.5 Å². The van der Waals surface area contributed by atoms with Gasteiger partial charge in [-0.05, 0) is 43.7 Å². The molecule has 0 aliphatic carbocycles.